The van der Waals surface area contributed by atoms with E-state index in [1.54, 1.807) is 0 Å². The molecule has 73 heavy (non-hydrogen) atoms. The summed E-state index contributed by atoms with van der Waals surface area (Å²) in [6.07, 6.45) is 0. The average molecular weight is 921 g/mol. The van der Waals surface area contributed by atoms with Gasteiger partial charge in [0, 0.05) is 43.1 Å². The molecule has 18 rings (SSSR count). The Morgan fingerprint density at radius 1 is 0.219 bits per heavy atom. The van der Waals surface area contributed by atoms with Gasteiger partial charge in [0.05, 0.1) is 33.1 Å². The highest BCUT2D eigenvalue weighted by Gasteiger charge is 2.23. The van der Waals surface area contributed by atoms with Gasteiger partial charge in [0.25, 0.3) is 0 Å². The van der Waals surface area contributed by atoms with E-state index in [4.69, 9.17) is 0 Å². The third kappa shape index (κ3) is 4.97. The fourth-order valence-electron chi connectivity index (χ4n) is 13.8. The van der Waals surface area contributed by atoms with Crippen molar-refractivity contribution in [1.29, 1.82) is 0 Å². The zero-order valence-electron chi connectivity index (χ0n) is 39.8. The zero-order valence-corrected chi connectivity index (χ0v) is 39.8. The van der Waals surface area contributed by atoms with Crippen LogP contribution in [0.25, 0.3) is 174 Å². The van der Waals surface area contributed by atoms with Crippen LogP contribution in [0, 0.1) is 6.92 Å². The standard InChI is InChI=1S/C71H40N2/c1-39-25-62-58-29-40-11-2-4-13-42(40)34-66(58)72-68-36-45-21-22-47(27-48(45)31-60(68)63(26-39)70(62)72)50-20-10-15-46-37-69-61(38-56(46)50)65-33-49(32-64-59-30-41-12-3-5-14-43(41)35-67(59)73(69)71(64)65)44-23-24-55-53-18-7-6-16-51(53)52-17-8-9-19-54(52)57(55)28-44/h2-38H,1H3. The highest BCUT2D eigenvalue weighted by molar-refractivity contribution is 6.30. The quantitative estimate of drug-likeness (QED) is 0.153. The smallest absolute Gasteiger partial charge is 0.0620 e. The van der Waals surface area contributed by atoms with Crippen molar-refractivity contribution in [2.24, 2.45) is 0 Å². The van der Waals surface area contributed by atoms with E-state index < -0.39 is 0 Å². The van der Waals surface area contributed by atoms with Gasteiger partial charge in [-0.25, -0.2) is 0 Å². The van der Waals surface area contributed by atoms with Crippen LogP contribution in [0.3, 0.4) is 0 Å². The van der Waals surface area contributed by atoms with Crippen molar-refractivity contribution in [3.63, 3.8) is 0 Å². The number of aryl methyl sites for hydroxylation is 1. The van der Waals surface area contributed by atoms with E-state index >= 15 is 0 Å². The lowest BCUT2D eigenvalue weighted by Gasteiger charge is -2.12. The molecular weight excluding hydrogens is 881 g/mol. The van der Waals surface area contributed by atoms with Crippen LogP contribution in [0.4, 0.5) is 0 Å². The summed E-state index contributed by atoms with van der Waals surface area (Å²) >= 11 is 0. The highest BCUT2D eigenvalue weighted by atomic mass is 14.9. The summed E-state index contributed by atoms with van der Waals surface area (Å²) in [7, 11) is 0. The summed E-state index contributed by atoms with van der Waals surface area (Å²) in [5.74, 6) is 0. The minimum absolute atomic E-state index is 1.23. The second-order valence-corrected chi connectivity index (χ2v) is 20.9. The van der Waals surface area contributed by atoms with E-state index in [1.165, 1.54) is 179 Å². The Bertz CT molecular complexity index is 5480. The number of nitrogens with zero attached hydrogens (tertiary/aromatic N) is 2. The molecule has 0 amide bonds. The SMILES string of the molecule is Cc1cc2c3cc4ccccc4cc3n3c4cc5ccc(-c6cccc7cc8c(cc67)c6cc(-c7ccc9c%10ccccc%10c%10ccccc%10c9c7)cc7c9cc%10ccccc%10cc9n8c76)cc5cc4c(c1)c23. The molecule has 0 aliphatic heterocycles. The molecule has 0 radical (unpaired) electrons. The molecule has 0 saturated carbocycles. The predicted molar refractivity (Wildman–Crippen MR) is 314 cm³/mol. The van der Waals surface area contributed by atoms with Crippen molar-refractivity contribution in [3.8, 4) is 22.3 Å². The van der Waals surface area contributed by atoms with Crippen LogP contribution in [0.2, 0.25) is 0 Å². The van der Waals surface area contributed by atoms with Crippen LogP contribution >= 0.6 is 0 Å². The van der Waals surface area contributed by atoms with Gasteiger partial charge in [-0.3, -0.25) is 0 Å². The Hall–Kier alpha value is -9.50. The molecule has 0 saturated heterocycles. The van der Waals surface area contributed by atoms with Gasteiger partial charge in [0.1, 0.15) is 0 Å². The van der Waals surface area contributed by atoms with Gasteiger partial charge in [-0.1, -0.05) is 140 Å². The molecule has 0 bridgehead atoms. The molecule has 18 aromatic rings. The predicted octanol–water partition coefficient (Wildman–Crippen LogP) is 19.7. The van der Waals surface area contributed by atoms with E-state index in [9.17, 15) is 0 Å². The van der Waals surface area contributed by atoms with Crippen molar-refractivity contribution in [3.05, 3.63) is 230 Å². The van der Waals surface area contributed by atoms with E-state index in [1.807, 2.05) is 0 Å². The number of benzene rings is 14. The second-order valence-electron chi connectivity index (χ2n) is 20.9. The molecule has 0 aliphatic rings. The summed E-state index contributed by atoms with van der Waals surface area (Å²) in [6, 6.07) is 85.6. The van der Waals surface area contributed by atoms with E-state index in [0.717, 1.165) is 0 Å². The molecule has 0 spiro atoms. The molecule has 4 heterocycles. The first-order valence-electron chi connectivity index (χ1n) is 25.5. The Kier molecular flexibility index (Phi) is 7.06. The zero-order chi connectivity index (χ0) is 47.4. The van der Waals surface area contributed by atoms with E-state index in [2.05, 4.69) is 240 Å². The Morgan fingerprint density at radius 3 is 1.21 bits per heavy atom. The summed E-state index contributed by atoms with van der Waals surface area (Å²) < 4.78 is 5.08. The molecule has 2 heteroatoms. The molecule has 334 valence electrons. The Labute approximate surface area is 417 Å². The fourth-order valence-corrected chi connectivity index (χ4v) is 13.8. The molecule has 0 N–H and O–H groups in total. The third-order valence-electron chi connectivity index (χ3n) is 17.0. The van der Waals surface area contributed by atoms with Gasteiger partial charge in [0.2, 0.25) is 0 Å². The summed E-state index contributed by atoms with van der Waals surface area (Å²) in [6.45, 7) is 2.24. The van der Waals surface area contributed by atoms with E-state index in [-0.39, 0.29) is 0 Å². The summed E-state index contributed by atoms with van der Waals surface area (Å²) in [5.41, 5.74) is 13.9. The largest absolute Gasteiger partial charge is 0.308 e. The maximum Gasteiger partial charge on any atom is 0.0620 e. The first-order chi connectivity index (χ1) is 36.1. The molecule has 0 atom stereocenters. The van der Waals surface area contributed by atoms with Gasteiger partial charge in [-0.05, 0) is 195 Å². The molecular formula is C71H40N2. The number of rotatable bonds is 2. The van der Waals surface area contributed by atoms with Crippen molar-refractivity contribution >= 4 is 152 Å². The number of fused-ring (bicyclic) bond motifs is 22. The number of aromatic nitrogens is 2. The van der Waals surface area contributed by atoms with Crippen LogP contribution in [0.15, 0.2) is 224 Å². The first kappa shape index (κ1) is 38.3. The lowest BCUT2D eigenvalue weighted by atomic mass is 9.91. The van der Waals surface area contributed by atoms with Crippen LogP contribution in [-0.4, -0.2) is 8.80 Å². The number of hydrogen-bond acceptors (Lipinski definition) is 0. The molecule has 2 nitrogen and oxygen atoms in total. The van der Waals surface area contributed by atoms with Crippen molar-refractivity contribution in [2.75, 3.05) is 0 Å². The van der Waals surface area contributed by atoms with Crippen molar-refractivity contribution in [2.45, 2.75) is 6.92 Å². The fraction of sp³-hybridized carbons (Fsp3) is 0.0141. The van der Waals surface area contributed by atoms with Crippen LogP contribution in [0.5, 0.6) is 0 Å². The van der Waals surface area contributed by atoms with Crippen LogP contribution in [0.1, 0.15) is 5.56 Å². The van der Waals surface area contributed by atoms with Crippen molar-refractivity contribution < 1.29 is 0 Å². The molecule has 0 fully saturated rings. The van der Waals surface area contributed by atoms with Crippen molar-refractivity contribution in [1.82, 2.24) is 8.80 Å². The minimum Gasteiger partial charge on any atom is -0.308 e. The van der Waals surface area contributed by atoms with Crippen LogP contribution < -0.4 is 0 Å². The minimum atomic E-state index is 1.23. The third-order valence-corrected chi connectivity index (χ3v) is 17.0. The average Bonchev–Trinajstić information content (AvgIpc) is 4.15. The maximum atomic E-state index is 2.55. The maximum absolute atomic E-state index is 2.55. The van der Waals surface area contributed by atoms with Gasteiger partial charge in [0.15, 0.2) is 0 Å². The van der Waals surface area contributed by atoms with Gasteiger partial charge < -0.3 is 8.80 Å². The lowest BCUT2D eigenvalue weighted by Crippen LogP contribution is -1.86. The monoisotopic (exact) mass is 920 g/mol. The first-order valence-corrected chi connectivity index (χ1v) is 25.5. The normalized spacial score (nSPS) is 12.7. The molecule has 14 aromatic carbocycles. The highest BCUT2D eigenvalue weighted by Crippen LogP contribution is 2.47. The topological polar surface area (TPSA) is 8.82 Å². The van der Waals surface area contributed by atoms with Gasteiger partial charge in [-0.2, -0.15) is 0 Å². The lowest BCUT2D eigenvalue weighted by molar-refractivity contribution is 1.38. The Balaban J connectivity index is 0.873. The molecule has 0 unspecified atom stereocenters. The molecule has 0 aliphatic carbocycles. The summed E-state index contributed by atoms with van der Waals surface area (Å²) in [4.78, 5) is 0. The number of hydrogen-bond donors (Lipinski definition) is 0. The van der Waals surface area contributed by atoms with E-state index in [0.29, 0.717) is 0 Å². The molecule has 4 aromatic heterocycles. The second kappa shape index (κ2) is 13.5. The van der Waals surface area contributed by atoms with Gasteiger partial charge in [-0.15, -0.1) is 0 Å². The summed E-state index contributed by atoms with van der Waals surface area (Å²) in [5, 5.41) is 28.2. The Morgan fingerprint density at radius 2 is 0.630 bits per heavy atom. The van der Waals surface area contributed by atoms with Crippen LogP contribution in [-0.2, 0) is 0 Å². The van der Waals surface area contributed by atoms with Gasteiger partial charge >= 0.3 is 0 Å².